The molecule has 0 bridgehead atoms. The first-order valence-electron chi connectivity index (χ1n) is 35.8. The van der Waals surface area contributed by atoms with Gasteiger partial charge in [0, 0.05) is 54.1 Å². The molecule has 458 valence electrons. The molecular weight excluding hydrogens is 1070 g/mol. The van der Waals surface area contributed by atoms with E-state index in [0.717, 1.165) is 199 Å². The van der Waals surface area contributed by atoms with Crippen LogP contribution in [0.3, 0.4) is 0 Å². The van der Waals surface area contributed by atoms with Gasteiger partial charge >= 0.3 is 0 Å². The number of benzene rings is 5. The fraction of sp³-hybridized carbons (Fsp3) is 0.585. The molecule has 13 rings (SSSR count). The molecule has 6 heteroatoms. The van der Waals surface area contributed by atoms with Gasteiger partial charge in [0.05, 0.1) is 58.5 Å². The Morgan fingerprint density at radius 3 is 0.705 bits per heavy atom. The van der Waals surface area contributed by atoms with Gasteiger partial charge in [-0.2, -0.15) is 10.5 Å². The Kier molecular flexibility index (Phi) is 14.2. The van der Waals surface area contributed by atoms with Crippen LogP contribution in [0, 0.1) is 35.8 Å². The number of nitrogens with zero attached hydrogens (tertiary/aromatic N) is 6. The maximum Gasteiger partial charge on any atom is 0.193 e. The second kappa shape index (κ2) is 20.6. The molecule has 9 aromatic rings. The minimum Gasteiger partial charge on any atom is -0.310 e. The molecule has 4 aromatic heterocycles. The predicted molar refractivity (Wildman–Crippen MR) is 373 cm³/mol. The monoisotopic (exact) mass is 1170 g/mol. The second-order valence-corrected chi connectivity index (χ2v) is 29.4. The lowest BCUT2D eigenvalue weighted by molar-refractivity contribution is 0.241. The molecule has 0 unspecified atom stereocenters. The van der Waals surface area contributed by atoms with Gasteiger partial charge in [-0.25, -0.2) is 9.69 Å². The zero-order chi connectivity index (χ0) is 62.8. The van der Waals surface area contributed by atoms with Crippen molar-refractivity contribution in [2.45, 2.75) is 308 Å². The lowest BCUT2D eigenvalue weighted by atomic mass is 9.55. The molecular formula is C82H100N6. The predicted octanol–water partition coefficient (Wildman–Crippen LogP) is 24.5. The molecule has 0 aliphatic heterocycles. The molecule has 0 fully saturated rings. The van der Waals surface area contributed by atoms with Crippen molar-refractivity contribution in [3.05, 3.63) is 103 Å². The average molecular weight is 1170 g/mol. The fourth-order valence-electron chi connectivity index (χ4n) is 22.5. The van der Waals surface area contributed by atoms with Crippen molar-refractivity contribution in [2.75, 3.05) is 0 Å². The van der Waals surface area contributed by atoms with Crippen LogP contribution in [0.25, 0.3) is 85.9 Å². The van der Waals surface area contributed by atoms with Crippen molar-refractivity contribution in [1.29, 1.82) is 10.5 Å². The van der Waals surface area contributed by atoms with Gasteiger partial charge in [0.1, 0.15) is 0 Å². The van der Waals surface area contributed by atoms with Gasteiger partial charge in [-0.3, -0.25) is 0 Å². The van der Waals surface area contributed by atoms with Gasteiger partial charge in [-0.1, -0.05) is 111 Å². The molecule has 0 N–H and O–H groups in total. The average Bonchev–Trinajstić information content (AvgIpc) is 1.45. The molecule has 0 radical (unpaired) electrons. The van der Waals surface area contributed by atoms with E-state index in [0.29, 0.717) is 0 Å². The summed E-state index contributed by atoms with van der Waals surface area (Å²) >= 11 is 0. The molecule has 4 aliphatic carbocycles. The van der Waals surface area contributed by atoms with Gasteiger partial charge in [-0.05, 0) is 266 Å². The Morgan fingerprint density at radius 1 is 0.307 bits per heavy atom. The molecule has 5 aromatic carbocycles. The third kappa shape index (κ3) is 6.78. The van der Waals surface area contributed by atoms with Crippen LogP contribution >= 0.6 is 0 Å². The van der Waals surface area contributed by atoms with Crippen molar-refractivity contribution < 1.29 is 0 Å². The molecule has 0 saturated carbocycles. The van der Waals surface area contributed by atoms with E-state index in [9.17, 15) is 23.7 Å². The van der Waals surface area contributed by atoms with Crippen LogP contribution < -0.4 is 0 Å². The second-order valence-electron chi connectivity index (χ2n) is 29.4. The molecule has 6 nitrogen and oxygen atoms in total. The third-order valence-corrected chi connectivity index (χ3v) is 28.9. The molecule has 88 heavy (non-hydrogen) atoms. The van der Waals surface area contributed by atoms with Gasteiger partial charge in [0.25, 0.3) is 0 Å². The summed E-state index contributed by atoms with van der Waals surface area (Å²) in [7, 11) is 0. The zero-order valence-corrected chi connectivity index (χ0v) is 57.0. The lowest BCUT2D eigenvalue weighted by Gasteiger charge is -2.49. The highest BCUT2D eigenvalue weighted by atomic mass is 15.0. The minimum atomic E-state index is -0.195. The summed E-state index contributed by atoms with van der Waals surface area (Å²) in [5.41, 5.74) is 19.7. The van der Waals surface area contributed by atoms with E-state index in [-0.39, 0.29) is 43.3 Å². The molecule has 0 atom stereocenters. The van der Waals surface area contributed by atoms with Gasteiger partial charge in [0.2, 0.25) is 0 Å². The summed E-state index contributed by atoms with van der Waals surface area (Å²) in [5, 5.41) is 34.7. The highest BCUT2D eigenvalue weighted by molar-refractivity contribution is 6.46. The van der Waals surface area contributed by atoms with E-state index in [1.165, 1.54) is 98.6 Å². The summed E-state index contributed by atoms with van der Waals surface area (Å²) in [6.07, 6.45) is 24.0. The Morgan fingerprint density at radius 2 is 0.500 bits per heavy atom. The first-order valence-corrected chi connectivity index (χ1v) is 35.8. The number of hydrogen-bond acceptors (Lipinski definition) is 2. The minimum absolute atomic E-state index is 0.167. The van der Waals surface area contributed by atoms with Crippen molar-refractivity contribution in [3.8, 4) is 12.1 Å². The topological polar surface area (TPSA) is 65.1 Å². The van der Waals surface area contributed by atoms with Crippen molar-refractivity contribution >= 4 is 87.6 Å². The molecule has 0 saturated heterocycles. The fourth-order valence-corrected chi connectivity index (χ4v) is 22.5. The van der Waals surface area contributed by atoms with Crippen LogP contribution in [-0.2, 0) is 43.3 Å². The molecule has 4 aliphatic rings. The standard InChI is InChI=1S/C82H100N6/c1-19-75(20-2)35-39-79(27-9,28-10)69-57-53(43-49(47-83)65(69)75)87-54-44-50(48-84)66-70(80(29-11,30-12)40-36-76(66,21-3)22-4)58(54)62-64-60-56(46-52(86-18)68-72(60)82(33-15,34-16)42-38-78(68,25-7)26-8)88-55-45-51(85-17)67-71(59(55)63(74(64)88)61(57)73(62)87)81(31-13,32-14)41-37-77(67,23-5)24-6/h43-46H,19-42H2,1-16H3. The largest absolute Gasteiger partial charge is 0.310 e. The third-order valence-electron chi connectivity index (χ3n) is 28.9. The van der Waals surface area contributed by atoms with E-state index >= 15 is 0 Å². The van der Waals surface area contributed by atoms with Crippen LogP contribution in [0.2, 0.25) is 0 Å². The SMILES string of the molecule is [C-]#[N+]c1cc2c(c3c1C(CC)(CC)CCC3(CC)CC)c1c3c4c5c(c(C#N)cc4n4c6cc(C#N)c7c(c6c(c6c8c9c(c([N+]#[C-])cc8n2c16)C(CC)(CC)CCC9(CC)CC)c34)C(CC)(CC)CCC7(CC)CC)C(CC)(CC)CCC5(CC)CC. The molecule has 0 spiro atoms. The number of nitriles is 2. The van der Waals surface area contributed by atoms with Gasteiger partial charge < -0.3 is 8.80 Å². The normalized spacial score (nSPS) is 20.0. The summed E-state index contributed by atoms with van der Waals surface area (Å²) < 4.78 is 5.38. The quantitative estimate of drug-likeness (QED) is 0.0905. The van der Waals surface area contributed by atoms with Crippen LogP contribution in [0.1, 0.15) is 321 Å². The molecule has 4 heterocycles. The molecule has 0 amide bonds. The van der Waals surface area contributed by atoms with Crippen LogP contribution in [0.5, 0.6) is 0 Å². The van der Waals surface area contributed by atoms with E-state index in [2.05, 4.69) is 156 Å². The Labute approximate surface area is 527 Å². The van der Waals surface area contributed by atoms with E-state index in [1.807, 2.05) is 0 Å². The zero-order valence-electron chi connectivity index (χ0n) is 57.0. The highest BCUT2D eigenvalue weighted by Gasteiger charge is 2.54. The van der Waals surface area contributed by atoms with E-state index in [4.69, 9.17) is 9.69 Å². The summed E-state index contributed by atoms with van der Waals surface area (Å²) in [4.78, 5) is 9.51. The summed E-state index contributed by atoms with van der Waals surface area (Å²) in [5.74, 6) is 0. The summed E-state index contributed by atoms with van der Waals surface area (Å²) in [6, 6.07) is 15.5. The highest BCUT2D eigenvalue weighted by Crippen LogP contribution is 2.67. The maximum atomic E-state index is 12.1. The Balaban J connectivity index is 1.53. The number of hydrogen-bond donors (Lipinski definition) is 0. The first kappa shape index (κ1) is 60.6. The van der Waals surface area contributed by atoms with Crippen molar-refractivity contribution in [1.82, 2.24) is 8.80 Å². The number of aromatic nitrogens is 2. The number of fused-ring (bicyclic) bond motifs is 22. The summed E-state index contributed by atoms with van der Waals surface area (Å²) in [6.45, 7) is 57.5. The lowest BCUT2D eigenvalue weighted by Crippen LogP contribution is -2.41. The Bertz CT molecular complexity index is 3970. The van der Waals surface area contributed by atoms with Crippen molar-refractivity contribution in [2.24, 2.45) is 0 Å². The van der Waals surface area contributed by atoms with Crippen molar-refractivity contribution in [3.63, 3.8) is 0 Å². The van der Waals surface area contributed by atoms with Gasteiger partial charge in [-0.15, -0.1) is 0 Å². The maximum absolute atomic E-state index is 12.1. The van der Waals surface area contributed by atoms with E-state index < -0.39 is 0 Å². The van der Waals surface area contributed by atoms with Gasteiger partial charge in [0.15, 0.2) is 11.4 Å². The van der Waals surface area contributed by atoms with Crippen LogP contribution in [-0.4, -0.2) is 8.80 Å². The van der Waals surface area contributed by atoms with E-state index in [1.54, 1.807) is 0 Å². The Hall–Kier alpha value is -6.34. The van der Waals surface area contributed by atoms with Crippen LogP contribution in [0.4, 0.5) is 11.4 Å². The smallest absolute Gasteiger partial charge is 0.193 e. The number of rotatable bonds is 16. The van der Waals surface area contributed by atoms with Crippen LogP contribution in [0.15, 0.2) is 24.3 Å². The first-order chi connectivity index (χ1) is 42.5.